The Bertz CT molecular complexity index is 1170. The molecule has 1 aliphatic rings. The summed E-state index contributed by atoms with van der Waals surface area (Å²) in [5, 5.41) is 0.695. The number of carbonyl (C=O) groups excluding carboxylic acids is 1. The van der Waals surface area contributed by atoms with Crippen molar-refractivity contribution in [2.45, 2.75) is 20.5 Å². The Morgan fingerprint density at radius 3 is 2.50 bits per heavy atom. The van der Waals surface area contributed by atoms with Crippen LogP contribution in [-0.4, -0.2) is 19.1 Å². The molecule has 1 amide bonds. The highest BCUT2D eigenvalue weighted by Gasteiger charge is 2.30. The molecule has 0 saturated carbocycles. The van der Waals surface area contributed by atoms with Gasteiger partial charge in [-0.1, -0.05) is 41.9 Å². The van der Waals surface area contributed by atoms with E-state index in [0.29, 0.717) is 41.9 Å². The molecule has 0 aliphatic carbocycles. The van der Waals surface area contributed by atoms with E-state index in [0.717, 1.165) is 25.9 Å². The van der Waals surface area contributed by atoms with Gasteiger partial charge in [0.25, 0.3) is 5.91 Å². The van der Waals surface area contributed by atoms with Crippen LogP contribution in [0.3, 0.4) is 0 Å². The zero-order chi connectivity index (χ0) is 22.7. The lowest BCUT2D eigenvalue weighted by molar-refractivity contribution is -0.112. The standard InChI is InChI=1S/C26H23ClINO3/c1-3-29-23-8-6-5-7-20(23)21(26(29)30)13-18-14-22(28)25(24(15-18)31-4-2)32-16-17-9-11-19(27)12-10-17/h5-15H,3-4,16H2,1-2H3/b21-13-. The lowest BCUT2D eigenvalue weighted by Crippen LogP contribution is -2.25. The van der Waals surface area contributed by atoms with Gasteiger partial charge in [-0.3, -0.25) is 4.79 Å². The molecule has 0 fully saturated rings. The first kappa shape index (κ1) is 22.7. The molecule has 3 aromatic carbocycles. The van der Waals surface area contributed by atoms with E-state index in [1.165, 1.54) is 0 Å². The number of para-hydroxylation sites is 1. The number of hydrogen-bond donors (Lipinski definition) is 0. The van der Waals surface area contributed by atoms with Gasteiger partial charge < -0.3 is 14.4 Å². The average Bonchev–Trinajstić information content (AvgIpc) is 3.05. The zero-order valence-corrected chi connectivity index (χ0v) is 20.8. The lowest BCUT2D eigenvalue weighted by atomic mass is 10.0. The number of rotatable bonds is 7. The van der Waals surface area contributed by atoms with E-state index >= 15 is 0 Å². The number of amides is 1. The van der Waals surface area contributed by atoms with Crippen LogP contribution < -0.4 is 14.4 Å². The molecule has 0 bridgehead atoms. The van der Waals surface area contributed by atoms with Gasteiger partial charge >= 0.3 is 0 Å². The Hall–Kier alpha value is -2.51. The van der Waals surface area contributed by atoms with E-state index in [-0.39, 0.29) is 5.91 Å². The fourth-order valence-corrected chi connectivity index (χ4v) is 4.64. The van der Waals surface area contributed by atoms with Gasteiger partial charge in [0.05, 0.1) is 15.9 Å². The molecule has 4 rings (SSSR count). The molecule has 164 valence electrons. The Balaban J connectivity index is 1.67. The summed E-state index contributed by atoms with van der Waals surface area (Å²) in [5.41, 5.74) is 4.51. The van der Waals surface area contributed by atoms with Crippen molar-refractivity contribution in [2.24, 2.45) is 0 Å². The average molecular weight is 560 g/mol. The summed E-state index contributed by atoms with van der Waals surface area (Å²) in [4.78, 5) is 14.8. The Kier molecular flexibility index (Phi) is 7.06. The molecule has 0 aromatic heterocycles. The number of nitrogens with zero attached hydrogens (tertiary/aromatic N) is 1. The minimum absolute atomic E-state index is 0.0183. The summed E-state index contributed by atoms with van der Waals surface area (Å²) >= 11 is 8.23. The fraction of sp³-hybridized carbons (Fsp3) is 0.192. The highest BCUT2D eigenvalue weighted by Crippen LogP contribution is 2.40. The van der Waals surface area contributed by atoms with E-state index in [1.807, 2.05) is 80.6 Å². The van der Waals surface area contributed by atoms with Gasteiger partial charge in [-0.05, 0) is 84.0 Å². The van der Waals surface area contributed by atoms with Crippen LogP contribution in [0.4, 0.5) is 5.69 Å². The first-order chi connectivity index (χ1) is 15.5. The minimum Gasteiger partial charge on any atom is -0.490 e. The van der Waals surface area contributed by atoms with E-state index < -0.39 is 0 Å². The van der Waals surface area contributed by atoms with E-state index in [1.54, 1.807) is 4.90 Å². The predicted molar refractivity (Wildman–Crippen MR) is 138 cm³/mol. The van der Waals surface area contributed by atoms with Gasteiger partial charge in [-0.15, -0.1) is 0 Å². The molecule has 3 aromatic rings. The molecule has 1 heterocycles. The van der Waals surface area contributed by atoms with Gasteiger partial charge in [-0.2, -0.15) is 0 Å². The van der Waals surface area contributed by atoms with Crippen LogP contribution in [-0.2, 0) is 11.4 Å². The maximum Gasteiger partial charge on any atom is 0.258 e. The van der Waals surface area contributed by atoms with Crippen LogP contribution in [0.15, 0.2) is 60.7 Å². The van der Waals surface area contributed by atoms with Crippen LogP contribution in [0.1, 0.15) is 30.5 Å². The summed E-state index contributed by atoms with van der Waals surface area (Å²) in [6.07, 6.45) is 1.94. The highest BCUT2D eigenvalue weighted by molar-refractivity contribution is 14.1. The molecule has 4 nitrogen and oxygen atoms in total. The van der Waals surface area contributed by atoms with Crippen molar-refractivity contribution in [3.63, 3.8) is 0 Å². The Morgan fingerprint density at radius 2 is 1.78 bits per heavy atom. The second-order valence-electron chi connectivity index (χ2n) is 7.30. The van der Waals surface area contributed by atoms with Crippen LogP contribution in [0.5, 0.6) is 11.5 Å². The number of carbonyl (C=O) groups is 1. The topological polar surface area (TPSA) is 38.8 Å². The minimum atomic E-state index is 0.0183. The van der Waals surface area contributed by atoms with Crippen LogP contribution >= 0.6 is 34.2 Å². The second kappa shape index (κ2) is 9.96. The monoisotopic (exact) mass is 559 g/mol. The third-order valence-electron chi connectivity index (χ3n) is 5.22. The normalized spacial score (nSPS) is 14.1. The number of halogens is 2. The predicted octanol–water partition coefficient (Wildman–Crippen LogP) is 6.83. The quantitative estimate of drug-likeness (QED) is 0.235. The first-order valence-electron chi connectivity index (χ1n) is 10.5. The van der Waals surface area contributed by atoms with E-state index in [2.05, 4.69) is 22.6 Å². The van der Waals surface area contributed by atoms with Gasteiger partial charge in [0.15, 0.2) is 11.5 Å². The smallest absolute Gasteiger partial charge is 0.258 e. The maximum absolute atomic E-state index is 13.0. The Labute approximate surface area is 206 Å². The summed E-state index contributed by atoms with van der Waals surface area (Å²) in [6.45, 7) is 5.48. The number of anilines is 1. The molecular weight excluding hydrogens is 537 g/mol. The molecule has 0 radical (unpaired) electrons. The molecule has 0 unspecified atom stereocenters. The van der Waals surface area contributed by atoms with Crippen molar-refractivity contribution in [1.29, 1.82) is 0 Å². The van der Waals surface area contributed by atoms with Crippen molar-refractivity contribution >= 4 is 57.4 Å². The first-order valence-corrected chi connectivity index (χ1v) is 11.9. The Morgan fingerprint density at radius 1 is 1.03 bits per heavy atom. The number of fused-ring (bicyclic) bond motifs is 1. The van der Waals surface area contributed by atoms with E-state index in [4.69, 9.17) is 21.1 Å². The van der Waals surface area contributed by atoms with E-state index in [9.17, 15) is 4.79 Å². The number of likely N-dealkylation sites (N-methyl/N-ethyl adjacent to an activating group) is 1. The summed E-state index contributed by atoms with van der Waals surface area (Å²) in [6, 6.07) is 19.4. The van der Waals surface area contributed by atoms with Gasteiger partial charge in [0.1, 0.15) is 6.61 Å². The van der Waals surface area contributed by atoms with Crippen LogP contribution in [0, 0.1) is 3.57 Å². The van der Waals surface area contributed by atoms with Crippen molar-refractivity contribution in [2.75, 3.05) is 18.1 Å². The van der Waals surface area contributed by atoms with Gasteiger partial charge in [-0.25, -0.2) is 0 Å². The van der Waals surface area contributed by atoms with Gasteiger partial charge in [0.2, 0.25) is 0 Å². The molecule has 0 spiro atoms. The molecule has 1 aliphatic heterocycles. The highest BCUT2D eigenvalue weighted by atomic mass is 127. The van der Waals surface area contributed by atoms with Crippen LogP contribution in [0.2, 0.25) is 5.02 Å². The van der Waals surface area contributed by atoms with Crippen molar-refractivity contribution in [3.8, 4) is 11.5 Å². The summed E-state index contributed by atoms with van der Waals surface area (Å²) < 4.78 is 12.9. The number of benzene rings is 3. The number of hydrogen-bond acceptors (Lipinski definition) is 3. The summed E-state index contributed by atoms with van der Waals surface area (Å²) in [5.74, 6) is 1.37. The second-order valence-corrected chi connectivity index (χ2v) is 8.90. The molecule has 0 atom stereocenters. The maximum atomic E-state index is 13.0. The van der Waals surface area contributed by atoms with Crippen molar-refractivity contribution in [1.82, 2.24) is 0 Å². The molecule has 0 N–H and O–H groups in total. The molecule has 6 heteroatoms. The van der Waals surface area contributed by atoms with Crippen molar-refractivity contribution in [3.05, 3.63) is 85.9 Å². The van der Waals surface area contributed by atoms with Crippen molar-refractivity contribution < 1.29 is 14.3 Å². The number of ether oxygens (including phenoxy) is 2. The SMILES string of the molecule is CCOc1cc(/C=C2\C(=O)N(CC)c3ccccc32)cc(I)c1OCc1ccc(Cl)cc1. The zero-order valence-electron chi connectivity index (χ0n) is 17.9. The molecule has 0 saturated heterocycles. The lowest BCUT2D eigenvalue weighted by Gasteiger charge is -2.15. The molecular formula is C26H23ClINO3. The molecule has 32 heavy (non-hydrogen) atoms. The third-order valence-corrected chi connectivity index (χ3v) is 6.27. The third kappa shape index (κ3) is 4.64. The summed E-state index contributed by atoms with van der Waals surface area (Å²) in [7, 11) is 0. The fourth-order valence-electron chi connectivity index (χ4n) is 3.74. The van der Waals surface area contributed by atoms with Crippen LogP contribution in [0.25, 0.3) is 11.6 Å². The van der Waals surface area contributed by atoms with Gasteiger partial charge in [0, 0.05) is 22.7 Å². The largest absolute Gasteiger partial charge is 0.490 e.